The van der Waals surface area contributed by atoms with Gasteiger partial charge in [-0.3, -0.25) is 4.79 Å². The van der Waals surface area contributed by atoms with Gasteiger partial charge in [-0.25, -0.2) is 8.42 Å². The van der Waals surface area contributed by atoms with Gasteiger partial charge >= 0.3 is 0 Å². The molecule has 0 saturated heterocycles. The molecule has 0 spiro atoms. The van der Waals surface area contributed by atoms with E-state index in [0.717, 1.165) is 9.37 Å². The normalized spacial score (nSPS) is 12.8. The van der Waals surface area contributed by atoms with Crippen LogP contribution in [0.1, 0.15) is 13.8 Å². The number of rotatable bonds is 7. The van der Waals surface area contributed by atoms with Crippen LogP contribution in [0.3, 0.4) is 0 Å². The fourth-order valence-electron chi connectivity index (χ4n) is 2.26. The largest absolute Gasteiger partial charge is 0.325 e. The molecule has 1 amide bonds. The zero-order chi connectivity index (χ0) is 19.3. The Morgan fingerprint density at radius 1 is 1.12 bits per heavy atom. The third-order valence-corrected chi connectivity index (χ3v) is 6.40. The predicted molar refractivity (Wildman–Crippen MR) is 110 cm³/mol. The van der Waals surface area contributed by atoms with E-state index in [9.17, 15) is 13.2 Å². The molecule has 0 fully saturated rings. The Labute approximate surface area is 167 Å². The van der Waals surface area contributed by atoms with Crippen LogP contribution in [-0.2, 0) is 14.8 Å². The van der Waals surface area contributed by atoms with Gasteiger partial charge in [0.25, 0.3) is 0 Å². The molecule has 5 nitrogen and oxygen atoms in total. The van der Waals surface area contributed by atoms with Gasteiger partial charge in [-0.1, -0.05) is 35.8 Å². The van der Waals surface area contributed by atoms with Gasteiger partial charge in [0.1, 0.15) is 6.04 Å². The first-order valence-electron chi connectivity index (χ1n) is 7.96. The van der Waals surface area contributed by atoms with E-state index in [2.05, 4.69) is 26.0 Å². The van der Waals surface area contributed by atoms with Crippen molar-refractivity contribution in [3.8, 4) is 0 Å². The molecule has 2 aromatic carbocycles. The van der Waals surface area contributed by atoms with Crippen molar-refractivity contribution in [2.24, 2.45) is 5.92 Å². The Morgan fingerprint density at radius 3 is 2.35 bits per heavy atom. The Hall–Kier alpha value is -1.35. The molecule has 2 aromatic rings. The van der Waals surface area contributed by atoms with Crippen LogP contribution in [0.4, 0.5) is 5.69 Å². The molecule has 0 aliphatic rings. The van der Waals surface area contributed by atoms with Crippen LogP contribution in [0.15, 0.2) is 62.8 Å². The number of hydrogen-bond acceptors (Lipinski definition) is 4. The van der Waals surface area contributed by atoms with Crippen molar-refractivity contribution in [3.63, 3.8) is 0 Å². The topological polar surface area (TPSA) is 75.3 Å². The Balaban J connectivity index is 2.19. The third-order valence-electron chi connectivity index (χ3n) is 3.69. The third kappa shape index (κ3) is 5.57. The quantitative estimate of drug-likeness (QED) is 0.614. The van der Waals surface area contributed by atoms with Crippen LogP contribution < -0.4 is 10.0 Å². The Kier molecular flexibility index (Phi) is 7.28. The molecule has 0 aliphatic heterocycles. The highest BCUT2D eigenvalue weighted by molar-refractivity contribution is 9.10. The lowest BCUT2D eigenvalue weighted by Gasteiger charge is -2.22. The number of halogens is 1. The summed E-state index contributed by atoms with van der Waals surface area (Å²) >= 11 is 4.84. The maximum absolute atomic E-state index is 12.7. The average Bonchev–Trinajstić information content (AvgIpc) is 2.60. The molecular weight excluding hydrogens is 436 g/mol. The van der Waals surface area contributed by atoms with Gasteiger partial charge in [-0.15, -0.1) is 11.8 Å². The van der Waals surface area contributed by atoms with Crippen LogP contribution in [0.5, 0.6) is 0 Å². The number of sulfonamides is 1. The first-order valence-corrected chi connectivity index (χ1v) is 11.5. The van der Waals surface area contributed by atoms with Crippen molar-refractivity contribution in [3.05, 3.63) is 53.0 Å². The van der Waals surface area contributed by atoms with E-state index < -0.39 is 16.1 Å². The Bertz CT molecular complexity index is 868. The molecular formula is C18H21BrN2O3S2. The van der Waals surface area contributed by atoms with Crippen molar-refractivity contribution in [2.75, 3.05) is 11.6 Å². The highest BCUT2D eigenvalue weighted by atomic mass is 79.9. The van der Waals surface area contributed by atoms with Crippen molar-refractivity contribution in [1.82, 2.24) is 4.72 Å². The van der Waals surface area contributed by atoms with Crippen molar-refractivity contribution < 1.29 is 13.2 Å². The zero-order valence-electron chi connectivity index (χ0n) is 14.7. The van der Waals surface area contributed by atoms with Crippen LogP contribution in [-0.4, -0.2) is 26.6 Å². The summed E-state index contributed by atoms with van der Waals surface area (Å²) < 4.78 is 28.5. The zero-order valence-corrected chi connectivity index (χ0v) is 17.9. The number of carbonyl (C=O) groups is 1. The number of anilines is 1. The minimum absolute atomic E-state index is 0.114. The summed E-state index contributed by atoms with van der Waals surface area (Å²) in [5, 5.41) is 2.79. The number of benzene rings is 2. The highest BCUT2D eigenvalue weighted by Crippen LogP contribution is 2.20. The molecule has 8 heteroatoms. The fourth-order valence-corrected chi connectivity index (χ4v) is 4.33. The number of thioether (sulfide) groups is 1. The van der Waals surface area contributed by atoms with Crippen LogP contribution in [0.2, 0.25) is 0 Å². The maximum Gasteiger partial charge on any atom is 0.242 e. The van der Waals surface area contributed by atoms with Gasteiger partial charge in [0, 0.05) is 15.1 Å². The lowest BCUT2D eigenvalue weighted by Crippen LogP contribution is -2.47. The van der Waals surface area contributed by atoms with E-state index in [1.807, 2.05) is 24.5 Å². The van der Waals surface area contributed by atoms with Gasteiger partial charge in [-0.05, 0) is 54.6 Å². The van der Waals surface area contributed by atoms with Gasteiger partial charge in [0.05, 0.1) is 4.90 Å². The molecule has 2 rings (SSSR count). The first-order chi connectivity index (χ1) is 12.2. The second-order valence-electron chi connectivity index (χ2n) is 6.02. The second kappa shape index (κ2) is 9.03. The molecule has 1 atom stereocenters. The second-order valence-corrected chi connectivity index (χ2v) is 9.53. The SMILES string of the molecule is CSc1cccc(NC(=O)[C@H](NS(=O)(=O)c2ccc(Br)cc2)C(C)C)c1. The average molecular weight is 457 g/mol. The van der Waals surface area contributed by atoms with E-state index in [4.69, 9.17) is 0 Å². The molecule has 0 saturated carbocycles. The van der Waals surface area contributed by atoms with E-state index >= 15 is 0 Å². The fraction of sp³-hybridized carbons (Fsp3) is 0.278. The van der Waals surface area contributed by atoms with Gasteiger partial charge in [0.2, 0.25) is 15.9 Å². The molecule has 0 aromatic heterocycles. The standard InChI is InChI=1S/C18H21BrN2O3S2/c1-12(2)17(18(22)20-14-5-4-6-15(11-14)25-3)21-26(23,24)16-9-7-13(19)8-10-16/h4-12,17,21H,1-3H3,(H,20,22)/t17-/m1/s1. The van der Waals surface area contributed by atoms with Crippen LogP contribution >= 0.6 is 27.7 Å². The van der Waals surface area contributed by atoms with Crippen LogP contribution in [0.25, 0.3) is 0 Å². The predicted octanol–water partition coefficient (Wildman–Crippen LogP) is 4.11. The number of carbonyl (C=O) groups excluding carboxylic acids is 1. The smallest absolute Gasteiger partial charge is 0.242 e. The minimum Gasteiger partial charge on any atom is -0.325 e. The molecule has 0 unspecified atom stereocenters. The van der Waals surface area contributed by atoms with E-state index in [-0.39, 0.29) is 16.7 Å². The number of hydrogen-bond donors (Lipinski definition) is 2. The molecule has 26 heavy (non-hydrogen) atoms. The first kappa shape index (κ1) is 21.0. The van der Waals surface area contributed by atoms with Crippen molar-refractivity contribution >= 4 is 49.3 Å². The summed E-state index contributed by atoms with van der Waals surface area (Å²) in [7, 11) is -3.81. The molecule has 0 bridgehead atoms. The summed E-state index contributed by atoms with van der Waals surface area (Å²) in [6.07, 6.45) is 1.95. The maximum atomic E-state index is 12.7. The van der Waals surface area contributed by atoms with Gasteiger partial charge in [-0.2, -0.15) is 4.72 Å². The van der Waals surface area contributed by atoms with Crippen LogP contribution in [0, 0.1) is 5.92 Å². The van der Waals surface area contributed by atoms with Gasteiger partial charge < -0.3 is 5.32 Å². The van der Waals surface area contributed by atoms with Crippen molar-refractivity contribution in [1.29, 1.82) is 0 Å². The van der Waals surface area contributed by atoms with E-state index in [1.54, 1.807) is 43.8 Å². The summed E-state index contributed by atoms with van der Waals surface area (Å²) in [5.41, 5.74) is 0.635. The summed E-state index contributed by atoms with van der Waals surface area (Å²) in [6, 6.07) is 12.8. The minimum atomic E-state index is -3.81. The van der Waals surface area contributed by atoms with Gasteiger partial charge in [0.15, 0.2) is 0 Å². The molecule has 0 aliphatic carbocycles. The van der Waals surface area contributed by atoms with E-state index in [1.165, 1.54) is 12.1 Å². The Morgan fingerprint density at radius 2 is 1.77 bits per heavy atom. The lowest BCUT2D eigenvalue weighted by molar-refractivity contribution is -0.118. The highest BCUT2D eigenvalue weighted by Gasteiger charge is 2.28. The summed E-state index contributed by atoms with van der Waals surface area (Å²) in [4.78, 5) is 13.8. The molecule has 2 N–H and O–H groups in total. The monoisotopic (exact) mass is 456 g/mol. The molecule has 0 heterocycles. The molecule has 0 radical (unpaired) electrons. The van der Waals surface area contributed by atoms with Crippen molar-refractivity contribution in [2.45, 2.75) is 29.7 Å². The molecule has 140 valence electrons. The summed E-state index contributed by atoms with van der Waals surface area (Å²) in [5.74, 6) is -0.608. The van der Waals surface area contributed by atoms with E-state index in [0.29, 0.717) is 5.69 Å². The number of amides is 1. The number of nitrogens with one attached hydrogen (secondary N) is 2. The summed E-state index contributed by atoms with van der Waals surface area (Å²) in [6.45, 7) is 3.60. The lowest BCUT2D eigenvalue weighted by atomic mass is 10.0.